The molecule has 0 heterocycles. The van der Waals surface area contributed by atoms with Crippen LogP contribution in [0.25, 0.3) is 0 Å². The Labute approximate surface area is 88.0 Å². The third-order valence-electron chi connectivity index (χ3n) is 2.13. The lowest BCUT2D eigenvalue weighted by atomic mass is 10.1. The predicted molar refractivity (Wildman–Crippen MR) is 54.7 cm³/mol. The van der Waals surface area contributed by atoms with E-state index in [1.54, 1.807) is 0 Å². The molecule has 0 bridgehead atoms. The van der Waals surface area contributed by atoms with Crippen molar-refractivity contribution < 1.29 is 13.5 Å². The van der Waals surface area contributed by atoms with Gasteiger partial charge in [-0.15, -0.1) is 0 Å². The average Bonchev–Trinajstić information content (AvgIpc) is 2.12. The van der Waals surface area contributed by atoms with Crippen LogP contribution < -0.4 is 10.5 Å². The lowest BCUT2D eigenvalue weighted by molar-refractivity contribution is 0.257. The number of benzene rings is 1. The second-order valence-corrected chi connectivity index (χ2v) is 3.82. The zero-order valence-electron chi connectivity index (χ0n) is 8.84. The lowest BCUT2D eigenvalue weighted by Crippen LogP contribution is -2.33. The molecule has 0 radical (unpaired) electrons. The molecule has 0 aliphatic rings. The van der Waals surface area contributed by atoms with Gasteiger partial charge in [0.2, 0.25) is 0 Å². The van der Waals surface area contributed by atoms with Gasteiger partial charge in [0.25, 0.3) is 0 Å². The summed E-state index contributed by atoms with van der Waals surface area (Å²) in [4.78, 5) is 0. The normalized spacial score (nSPS) is 12.9. The molecule has 0 fully saturated rings. The SMILES string of the molecule is CC(C)C(N)COc1cc(F)cc(F)c1. The van der Waals surface area contributed by atoms with Gasteiger partial charge in [-0.05, 0) is 5.92 Å². The Balaban J connectivity index is 2.57. The molecule has 2 nitrogen and oxygen atoms in total. The minimum absolute atomic E-state index is 0.142. The zero-order valence-corrected chi connectivity index (χ0v) is 8.84. The third-order valence-corrected chi connectivity index (χ3v) is 2.13. The summed E-state index contributed by atoms with van der Waals surface area (Å²) in [7, 11) is 0. The first kappa shape index (κ1) is 11.9. The molecule has 0 aromatic heterocycles. The van der Waals surface area contributed by atoms with Crippen molar-refractivity contribution in [2.45, 2.75) is 19.9 Å². The van der Waals surface area contributed by atoms with E-state index < -0.39 is 11.6 Å². The fraction of sp³-hybridized carbons (Fsp3) is 0.455. The van der Waals surface area contributed by atoms with E-state index in [4.69, 9.17) is 10.5 Å². The highest BCUT2D eigenvalue weighted by atomic mass is 19.1. The van der Waals surface area contributed by atoms with Crippen molar-refractivity contribution in [1.82, 2.24) is 0 Å². The molecule has 1 aromatic rings. The molecule has 15 heavy (non-hydrogen) atoms. The van der Waals surface area contributed by atoms with Crippen LogP contribution in [0.15, 0.2) is 18.2 Å². The Morgan fingerprint density at radius 3 is 2.20 bits per heavy atom. The van der Waals surface area contributed by atoms with Crippen LogP contribution in [0.2, 0.25) is 0 Å². The number of nitrogens with two attached hydrogens (primary N) is 1. The Morgan fingerprint density at radius 1 is 1.20 bits per heavy atom. The summed E-state index contributed by atoms with van der Waals surface area (Å²) >= 11 is 0. The predicted octanol–water partition coefficient (Wildman–Crippen LogP) is 2.33. The van der Waals surface area contributed by atoms with Gasteiger partial charge < -0.3 is 10.5 Å². The molecule has 0 spiro atoms. The lowest BCUT2D eigenvalue weighted by Gasteiger charge is -2.16. The Morgan fingerprint density at radius 2 is 1.73 bits per heavy atom. The maximum atomic E-state index is 12.8. The first-order valence-electron chi connectivity index (χ1n) is 4.83. The summed E-state index contributed by atoms with van der Waals surface area (Å²) in [6.45, 7) is 4.17. The minimum Gasteiger partial charge on any atom is -0.492 e. The molecule has 1 aromatic carbocycles. The van der Waals surface area contributed by atoms with Crippen LogP contribution in [-0.2, 0) is 0 Å². The van der Waals surface area contributed by atoms with E-state index in [0.717, 1.165) is 18.2 Å². The van der Waals surface area contributed by atoms with Gasteiger partial charge in [-0.1, -0.05) is 13.8 Å². The van der Waals surface area contributed by atoms with Crippen molar-refractivity contribution >= 4 is 0 Å². The number of hydrogen-bond acceptors (Lipinski definition) is 2. The second kappa shape index (κ2) is 5.07. The van der Waals surface area contributed by atoms with Crippen LogP contribution >= 0.6 is 0 Å². The van der Waals surface area contributed by atoms with Crippen LogP contribution in [0.1, 0.15) is 13.8 Å². The quantitative estimate of drug-likeness (QED) is 0.836. The molecule has 1 rings (SSSR count). The largest absolute Gasteiger partial charge is 0.492 e. The molecule has 4 heteroatoms. The molecule has 1 unspecified atom stereocenters. The van der Waals surface area contributed by atoms with Crippen molar-refractivity contribution in [2.24, 2.45) is 11.7 Å². The molecule has 84 valence electrons. The van der Waals surface area contributed by atoms with Crippen molar-refractivity contribution in [3.8, 4) is 5.75 Å². The minimum atomic E-state index is -0.650. The summed E-state index contributed by atoms with van der Waals surface area (Å²) in [6.07, 6.45) is 0. The first-order chi connectivity index (χ1) is 6.99. The van der Waals surface area contributed by atoms with Gasteiger partial charge in [0.15, 0.2) is 0 Å². The van der Waals surface area contributed by atoms with Gasteiger partial charge in [0.05, 0.1) is 0 Å². The van der Waals surface area contributed by atoms with Crippen molar-refractivity contribution in [3.63, 3.8) is 0 Å². The zero-order chi connectivity index (χ0) is 11.4. The molecule has 1 atom stereocenters. The fourth-order valence-corrected chi connectivity index (χ4v) is 0.997. The van der Waals surface area contributed by atoms with Crippen LogP contribution in [0.3, 0.4) is 0 Å². The van der Waals surface area contributed by atoms with Gasteiger partial charge in [0, 0.05) is 24.2 Å². The number of hydrogen-bond donors (Lipinski definition) is 1. The number of ether oxygens (including phenoxy) is 1. The summed E-state index contributed by atoms with van der Waals surface area (Å²) in [5.41, 5.74) is 5.73. The molecule has 0 saturated carbocycles. The molecule has 2 N–H and O–H groups in total. The highest BCUT2D eigenvalue weighted by molar-refractivity contribution is 5.23. The maximum absolute atomic E-state index is 12.8. The average molecular weight is 215 g/mol. The van der Waals surface area contributed by atoms with Gasteiger partial charge in [-0.3, -0.25) is 0 Å². The monoisotopic (exact) mass is 215 g/mol. The van der Waals surface area contributed by atoms with E-state index in [0.29, 0.717) is 0 Å². The Hall–Kier alpha value is -1.16. The summed E-state index contributed by atoms with van der Waals surface area (Å²) in [5.74, 6) is -0.863. The summed E-state index contributed by atoms with van der Waals surface area (Å²) in [5, 5.41) is 0. The number of rotatable bonds is 4. The van der Waals surface area contributed by atoms with Crippen LogP contribution in [0.5, 0.6) is 5.75 Å². The van der Waals surface area contributed by atoms with E-state index >= 15 is 0 Å². The first-order valence-corrected chi connectivity index (χ1v) is 4.83. The Kier molecular flexibility index (Phi) is 4.03. The van der Waals surface area contributed by atoms with Crippen LogP contribution in [-0.4, -0.2) is 12.6 Å². The van der Waals surface area contributed by atoms with Crippen molar-refractivity contribution in [1.29, 1.82) is 0 Å². The van der Waals surface area contributed by atoms with E-state index in [1.807, 2.05) is 13.8 Å². The van der Waals surface area contributed by atoms with Crippen molar-refractivity contribution in [3.05, 3.63) is 29.8 Å². The smallest absolute Gasteiger partial charge is 0.129 e. The molecule has 0 saturated heterocycles. The van der Waals surface area contributed by atoms with Gasteiger partial charge in [0.1, 0.15) is 24.0 Å². The molecular formula is C11H15F2NO. The number of halogens is 2. The van der Waals surface area contributed by atoms with E-state index in [-0.39, 0.29) is 24.3 Å². The van der Waals surface area contributed by atoms with E-state index in [2.05, 4.69) is 0 Å². The second-order valence-electron chi connectivity index (χ2n) is 3.82. The molecule has 0 aliphatic heterocycles. The van der Waals surface area contributed by atoms with Crippen LogP contribution in [0, 0.1) is 17.6 Å². The van der Waals surface area contributed by atoms with Crippen molar-refractivity contribution in [2.75, 3.05) is 6.61 Å². The van der Waals surface area contributed by atoms with Crippen LogP contribution in [0.4, 0.5) is 8.78 Å². The van der Waals surface area contributed by atoms with Gasteiger partial charge in [-0.25, -0.2) is 8.78 Å². The highest BCUT2D eigenvalue weighted by Crippen LogP contribution is 2.15. The van der Waals surface area contributed by atoms with Gasteiger partial charge in [-0.2, -0.15) is 0 Å². The van der Waals surface area contributed by atoms with Gasteiger partial charge >= 0.3 is 0 Å². The highest BCUT2D eigenvalue weighted by Gasteiger charge is 2.09. The third kappa shape index (κ3) is 3.83. The molecule has 0 aliphatic carbocycles. The topological polar surface area (TPSA) is 35.2 Å². The standard InChI is InChI=1S/C11H15F2NO/c1-7(2)11(14)6-15-10-4-8(12)3-9(13)5-10/h3-5,7,11H,6,14H2,1-2H3. The van der Waals surface area contributed by atoms with E-state index in [9.17, 15) is 8.78 Å². The summed E-state index contributed by atoms with van der Waals surface area (Å²) in [6, 6.07) is 2.93. The fourth-order valence-electron chi connectivity index (χ4n) is 0.997. The summed E-state index contributed by atoms with van der Waals surface area (Å²) < 4.78 is 30.7. The molecular weight excluding hydrogens is 200 g/mol. The molecule has 0 amide bonds. The van der Waals surface area contributed by atoms with E-state index in [1.165, 1.54) is 0 Å². The Bertz CT molecular complexity index is 308. The maximum Gasteiger partial charge on any atom is 0.129 e.